The fraction of sp³-hybridized carbons (Fsp3) is 0.308. The summed E-state index contributed by atoms with van der Waals surface area (Å²) in [7, 11) is 0. The zero-order chi connectivity index (χ0) is 24.3. The van der Waals surface area contributed by atoms with E-state index in [9.17, 15) is 4.79 Å². The Morgan fingerprint density at radius 3 is 2.69 bits per heavy atom. The molecule has 184 valence electrons. The molecule has 2 aromatic carbocycles. The third-order valence-electron chi connectivity index (χ3n) is 6.60. The van der Waals surface area contributed by atoms with Gasteiger partial charge in [-0.15, -0.1) is 11.3 Å². The minimum absolute atomic E-state index is 0.00945. The lowest BCUT2D eigenvalue weighted by molar-refractivity contribution is -0.124. The molecule has 10 heteroatoms. The van der Waals surface area contributed by atoms with Gasteiger partial charge in [0, 0.05) is 36.3 Å². The Balaban J connectivity index is 1.20. The number of anilines is 2. The molecule has 36 heavy (non-hydrogen) atoms. The summed E-state index contributed by atoms with van der Waals surface area (Å²) in [5.41, 5.74) is 11.9. The van der Waals surface area contributed by atoms with Crippen LogP contribution in [0.1, 0.15) is 30.7 Å². The fourth-order valence-corrected chi connectivity index (χ4v) is 5.01. The van der Waals surface area contributed by atoms with Crippen molar-refractivity contribution >= 4 is 39.1 Å². The second-order valence-corrected chi connectivity index (χ2v) is 9.95. The van der Waals surface area contributed by atoms with Crippen molar-refractivity contribution in [1.29, 1.82) is 0 Å². The normalized spacial score (nSPS) is 16.1. The predicted molar refractivity (Wildman–Crippen MR) is 140 cm³/mol. The Bertz CT molecular complexity index is 1360. The van der Waals surface area contributed by atoms with E-state index < -0.39 is 0 Å². The fourth-order valence-electron chi connectivity index (χ4n) is 4.35. The molecule has 9 nitrogen and oxygen atoms in total. The second kappa shape index (κ2) is 10.2. The number of aromatic nitrogens is 3. The van der Waals surface area contributed by atoms with E-state index in [0.29, 0.717) is 29.4 Å². The van der Waals surface area contributed by atoms with E-state index in [1.807, 2.05) is 24.3 Å². The van der Waals surface area contributed by atoms with Crippen molar-refractivity contribution in [1.82, 2.24) is 31.1 Å². The molecule has 2 aliphatic rings. The zero-order valence-electron chi connectivity index (χ0n) is 19.7. The van der Waals surface area contributed by atoms with Gasteiger partial charge in [-0.25, -0.2) is 15.0 Å². The maximum Gasteiger partial charge on any atom is 0.258 e. The molecule has 1 saturated heterocycles. The molecule has 4 N–H and O–H groups in total. The van der Waals surface area contributed by atoms with Crippen LogP contribution in [0, 0.1) is 0 Å². The molecule has 1 aliphatic carbocycles. The standard InChI is InChI=1S/C26H27N7O2S/c34-22(30-19-4-2-5-19)14-35-21-6-1-3-17(11-21)24-32-25(23-26(33-24)36-15-27-23)31-20-9-7-16(8-10-20)18-12-28-29-13-18/h1,3,6-11,15,18-19,28-29H,2,4-5,12-14H2,(H,30,34)(H,31,32,33). The van der Waals surface area contributed by atoms with E-state index in [4.69, 9.17) is 14.7 Å². The lowest BCUT2D eigenvalue weighted by Crippen LogP contribution is -2.41. The van der Waals surface area contributed by atoms with Crippen LogP contribution < -0.4 is 26.2 Å². The van der Waals surface area contributed by atoms with Crippen LogP contribution in [0.15, 0.2) is 54.0 Å². The first kappa shape index (κ1) is 22.8. The number of rotatable bonds is 8. The van der Waals surface area contributed by atoms with E-state index in [-0.39, 0.29) is 12.5 Å². The predicted octanol–water partition coefficient (Wildman–Crippen LogP) is 3.74. The van der Waals surface area contributed by atoms with Crippen LogP contribution in [0.3, 0.4) is 0 Å². The zero-order valence-corrected chi connectivity index (χ0v) is 20.5. The first-order valence-corrected chi connectivity index (χ1v) is 13.1. The van der Waals surface area contributed by atoms with Gasteiger partial charge in [0.1, 0.15) is 16.1 Å². The number of fused-ring (bicyclic) bond motifs is 1. The number of nitrogens with zero attached hydrogens (tertiary/aromatic N) is 3. The van der Waals surface area contributed by atoms with Gasteiger partial charge in [0.2, 0.25) is 0 Å². The molecule has 0 atom stereocenters. The van der Waals surface area contributed by atoms with Gasteiger partial charge in [-0.1, -0.05) is 24.3 Å². The molecular weight excluding hydrogens is 474 g/mol. The summed E-state index contributed by atoms with van der Waals surface area (Å²) < 4.78 is 5.75. The highest BCUT2D eigenvalue weighted by atomic mass is 32.1. The largest absolute Gasteiger partial charge is 0.484 e. The van der Waals surface area contributed by atoms with Crippen molar-refractivity contribution in [3.8, 4) is 17.1 Å². The van der Waals surface area contributed by atoms with Crippen LogP contribution in [0.2, 0.25) is 0 Å². The molecule has 0 unspecified atom stereocenters. The number of benzene rings is 2. The van der Waals surface area contributed by atoms with E-state index >= 15 is 0 Å². The highest BCUT2D eigenvalue weighted by Crippen LogP contribution is 2.30. The number of nitrogens with one attached hydrogen (secondary N) is 4. The van der Waals surface area contributed by atoms with Crippen LogP contribution in [-0.2, 0) is 4.79 Å². The molecule has 0 bridgehead atoms. The lowest BCUT2D eigenvalue weighted by atomic mass is 9.93. The first-order chi connectivity index (χ1) is 17.7. The van der Waals surface area contributed by atoms with Gasteiger partial charge >= 0.3 is 0 Å². The summed E-state index contributed by atoms with van der Waals surface area (Å²) >= 11 is 1.47. The van der Waals surface area contributed by atoms with E-state index in [1.165, 1.54) is 23.3 Å². The third kappa shape index (κ3) is 5.01. The molecule has 6 rings (SSSR count). The summed E-state index contributed by atoms with van der Waals surface area (Å²) in [5.74, 6) is 2.20. The molecule has 2 fully saturated rings. The number of hydrazine groups is 1. The Kier molecular flexibility index (Phi) is 6.46. The Labute approximate surface area is 212 Å². The van der Waals surface area contributed by atoms with Crippen molar-refractivity contribution in [2.45, 2.75) is 31.2 Å². The Hall–Kier alpha value is -3.60. The number of ether oxygens (including phenoxy) is 1. The summed E-state index contributed by atoms with van der Waals surface area (Å²) in [4.78, 5) is 26.9. The first-order valence-electron chi connectivity index (χ1n) is 12.2. The monoisotopic (exact) mass is 501 g/mol. The lowest BCUT2D eigenvalue weighted by Gasteiger charge is -2.26. The summed E-state index contributed by atoms with van der Waals surface area (Å²) in [5, 5.41) is 6.41. The van der Waals surface area contributed by atoms with Gasteiger partial charge in [0.25, 0.3) is 5.91 Å². The van der Waals surface area contributed by atoms with Crippen LogP contribution in [0.25, 0.3) is 21.7 Å². The van der Waals surface area contributed by atoms with Crippen LogP contribution in [0.5, 0.6) is 5.75 Å². The van der Waals surface area contributed by atoms with Crippen LogP contribution >= 0.6 is 11.3 Å². The van der Waals surface area contributed by atoms with Gasteiger partial charge in [-0.05, 0) is 49.1 Å². The van der Waals surface area contributed by atoms with Crippen molar-refractivity contribution in [2.75, 3.05) is 25.0 Å². The average molecular weight is 502 g/mol. The number of hydrogen-bond donors (Lipinski definition) is 4. The Morgan fingerprint density at radius 2 is 1.92 bits per heavy atom. The molecule has 2 aromatic heterocycles. The number of hydrogen-bond acceptors (Lipinski definition) is 9. The number of carbonyl (C=O) groups excluding carboxylic acids is 1. The second-order valence-electron chi connectivity index (χ2n) is 9.12. The van der Waals surface area contributed by atoms with Crippen LogP contribution in [0.4, 0.5) is 11.5 Å². The summed E-state index contributed by atoms with van der Waals surface area (Å²) in [6, 6.07) is 16.2. The summed E-state index contributed by atoms with van der Waals surface area (Å²) in [6.45, 7) is 1.84. The minimum atomic E-state index is -0.0922. The topological polar surface area (TPSA) is 113 Å². The number of amides is 1. The van der Waals surface area contributed by atoms with Gasteiger partial charge in [-0.2, -0.15) is 0 Å². The molecule has 0 spiro atoms. The van der Waals surface area contributed by atoms with Crippen molar-refractivity contribution < 1.29 is 9.53 Å². The van der Waals surface area contributed by atoms with Gasteiger partial charge in [0.05, 0.1) is 5.51 Å². The quantitative estimate of drug-likeness (QED) is 0.289. The van der Waals surface area contributed by atoms with Crippen LogP contribution in [-0.4, -0.2) is 46.6 Å². The molecular formula is C26H27N7O2S. The molecule has 0 radical (unpaired) electrons. The maximum atomic E-state index is 12.1. The highest BCUT2D eigenvalue weighted by Gasteiger charge is 2.20. The van der Waals surface area contributed by atoms with Crippen molar-refractivity contribution in [3.63, 3.8) is 0 Å². The smallest absolute Gasteiger partial charge is 0.258 e. The van der Waals surface area contributed by atoms with Gasteiger partial charge < -0.3 is 15.4 Å². The molecule has 1 aliphatic heterocycles. The molecule has 4 aromatic rings. The van der Waals surface area contributed by atoms with E-state index in [2.05, 4.69) is 50.7 Å². The SMILES string of the molecule is O=C(COc1cccc(-c2nc(Nc3ccc(C4CNNC4)cc3)c3ncsc3n2)c1)NC1CCC1. The molecule has 3 heterocycles. The Morgan fingerprint density at radius 1 is 1.08 bits per heavy atom. The molecule has 1 saturated carbocycles. The van der Waals surface area contributed by atoms with Crippen molar-refractivity contribution in [2.24, 2.45) is 0 Å². The van der Waals surface area contributed by atoms with Gasteiger partial charge in [-0.3, -0.25) is 15.6 Å². The van der Waals surface area contributed by atoms with E-state index in [0.717, 1.165) is 47.5 Å². The molecule has 1 amide bonds. The average Bonchev–Trinajstić information content (AvgIpc) is 3.58. The summed E-state index contributed by atoms with van der Waals surface area (Å²) in [6.07, 6.45) is 3.28. The highest BCUT2D eigenvalue weighted by molar-refractivity contribution is 7.16. The minimum Gasteiger partial charge on any atom is -0.484 e. The number of thiazole rings is 1. The van der Waals surface area contributed by atoms with Crippen molar-refractivity contribution in [3.05, 3.63) is 59.6 Å². The van der Waals surface area contributed by atoms with Gasteiger partial charge in [0.15, 0.2) is 18.2 Å². The number of carbonyl (C=O) groups is 1. The maximum absolute atomic E-state index is 12.1. The van der Waals surface area contributed by atoms with E-state index in [1.54, 1.807) is 5.51 Å². The third-order valence-corrected chi connectivity index (χ3v) is 7.32.